The number of alkyl carbamates (subject to hydrolysis) is 1. The Morgan fingerprint density at radius 2 is 1.81 bits per heavy atom. The monoisotopic (exact) mass is 299 g/mol. The van der Waals surface area contributed by atoms with Crippen LogP contribution in [0.3, 0.4) is 0 Å². The molecular formula is C14H21NO6. The van der Waals surface area contributed by atoms with Crippen molar-refractivity contribution in [1.29, 1.82) is 0 Å². The minimum Gasteiger partial charge on any atom is -0.481 e. The van der Waals surface area contributed by atoms with E-state index >= 15 is 0 Å². The fraction of sp³-hybridized carbons (Fsp3) is 0.643. The normalized spacial score (nSPS) is 21.3. The molecule has 0 spiro atoms. The number of hydrogen-bond acceptors (Lipinski definition) is 4. The van der Waals surface area contributed by atoms with Crippen LogP contribution in [0.15, 0.2) is 12.2 Å². The molecule has 0 saturated heterocycles. The van der Waals surface area contributed by atoms with Crippen LogP contribution in [0, 0.1) is 11.8 Å². The second-order valence-corrected chi connectivity index (χ2v) is 6.10. The molecule has 21 heavy (non-hydrogen) atoms. The highest BCUT2D eigenvalue weighted by Gasteiger charge is 2.31. The molecule has 118 valence electrons. The van der Waals surface area contributed by atoms with Gasteiger partial charge in [-0.1, -0.05) is 12.2 Å². The fourth-order valence-corrected chi connectivity index (χ4v) is 2.13. The zero-order valence-electron chi connectivity index (χ0n) is 12.3. The number of rotatable bonds is 5. The average Bonchev–Trinajstić information content (AvgIpc) is 2.69. The number of allylic oxidation sites excluding steroid dienone is 1. The van der Waals surface area contributed by atoms with E-state index in [1.807, 2.05) is 0 Å². The first-order chi connectivity index (χ1) is 9.58. The van der Waals surface area contributed by atoms with E-state index in [1.165, 1.54) is 0 Å². The lowest BCUT2D eigenvalue weighted by Crippen LogP contribution is -2.38. The summed E-state index contributed by atoms with van der Waals surface area (Å²) >= 11 is 0. The van der Waals surface area contributed by atoms with E-state index in [-0.39, 0.29) is 18.4 Å². The third kappa shape index (κ3) is 5.85. The number of carboxylic acid groups (broad SMARTS) is 2. The van der Waals surface area contributed by atoms with E-state index in [1.54, 1.807) is 32.9 Å². The summed E-state index contributed by atoms with van der Waals surface area (Å²) in [6, 6.07) is -0.270. The van der Waals surface area contributed by atoms with Gasteiger partial charge in [0.15, 0.2) is 5.92 Å². The lowest BCUT2D eigenvalue weighted by Gasteiger charge is -2.21. The maximum Gasteiger partial charge on any atom is 0.408 e. The van der Waals surface area contributed by atoms with Gasteiger partial charge in [0, 0.05) is 0 Å². The Labute approximate surface area is 123 Å². The third-order valence-corrected chi connectivity index (χ3v) is 3.01. The quantitative estimate of drug-likeness (QED) is 0.525. The van der Waals surface area contributed by atoms with Crippen molar-refractivity contribution in [3.63, 3.8) is 0 Å². The number of carboxylic acids is 2. The highest BCUT2D eigenvalue weighted by molar-refractivity contribution is 5.92. The van der Waals surface area contributed by atoms with Gasteiger partial charge in [-0.15, -0.1) is 0 Å². The first-order valence-corrected chi connectivity index (χ1v) is 6.72. The van der Waals surface area contributed by atoms with Gasteiger partial charge in [-0.3, -0.25) is 9.59 Å². The zero-order valence-corrected chi connectivity index (χ0v) is 12.3. The summed E-state index contributed by atoms with van der Waals surface area (Å²) in [6.45, 7) is 5.26. The molecule has 2 atom stereocenters. The van der Waals surface area contributed by atoms with Crippen molar-refractivity contribution < 1.29 is 29.3 Å². The van der Waals surface area contributed by atoms with E-state index in [0.29, 0.717) is 6.42 Å². The Bertz CT molecular complexity index is 437. The highest BCUT2D eigenvalue weighted by Crippen LogP contribution is 2.25. The number of carbonyl (C=O) groups excluding carboxylic acids is 1. The van der Waals surface area contributed by atoms with Crippen molar-refractivity contribution in [2.75, 3.05) is 0 Å². The smallest absolute Gasteiger partial charge is 0.408 e. The number of hydrogen-bond donors (Lipinski definition) is 3. The van der Waals surface area contributed by atoms with E-state index in [0.717, 1.165) is 0 Å². The summed E-state index contributed by atoms with van der Waals surface area (Å²) in [7, 11) is 0. The Balaban J connectivity index is 2.46. The van der Waals surface area contributed by atoms with Crippen LogP contribution in [0.25, 0.3) is 0 Å². The molecule has 1 amide bonds. The minimum atomic E-state index is -1.43. The number of ether oxygens (including phenoxy) is 1. The molecule has 1 rings (SSSR count). The van der Waals surface area contributed by atoms with Crippen molar-refractivity contribution in [2.24, 2.45) is 11.8 Å². The lowest BCUT2D eigenvalue weighted by molar-refractivity contribution is -0.155. The van der Waals surface area contributed by atoms with Crippen LogP contribution in [0.1, 0.15) is 33.6 Å². The first-order valence-electron chi connectivity index (χ1n) is 6.72. The third-order valence-electron chi connectivity index (χ3n) is 3.01. The van der Waals surface area contributed by atoms with Crippen LogP contribution >= 0.6 is 0 Å². The highest BCUT2D eigenvalue weighted by atomic mass is 16.6. The molecule has 0 radical (unpaired) electrons. The Hall–Kier alpha value is -2.05. The predicted molar refractivity (Wildman–Crippen MR) is 73.8 cm³/mol. The van der Waals surface area contributed by atoms with Crippen LogP contribution in [-0.2, 0) is 14.3 Å². The minimum absolute atomic E-state index is 0.00760. The van der Waals surface area contributed by atoms with Crippen molar-refractivity contribution >= 4 is 18.0 Å². The van der Waals surface area contributed by atoms with Gasteiger partial charge >= 0.3 is 18.0 Å². The number of aliphatic carboxylic acids is 2. The molecule has 0 aliphatic heterocycles. The van der Waals surface area contributed by atoms with E-state index in [9.17, 15) is 14.4 Å². The zero-order chi connectivity index (χ0) is 16.2. The van der Waals surface area contributed by atoms with Crippen LogP contribution in [0.2, 0.25) is 0 Å². The van der Waals surface area contributed by atoms with Gasteiger partial charge in [-0.2, -0.15) is 0 Å². The van der Waals surface area contributed by atoms with E-state index in [4.69, 9.17) is 14.9 Å². The molecule has 0 aromatic carbocycles. The molecule has 1 aliphatic carbocycles. The molecule has 7 heteroatoms. The van der Waals surface area contributed by atoms with Gasteiger partial charge in [-0.05, 0) is 39.5 Å². The van der Waals surface area contributed by atoms with Gasteiger partial charge in [0.25, 0.3) is 0 Å². The molecule has 0 aromatic heterocycles. The molecule has 7 nitrogen and oxygen atoms in total. The standard InChI is InChI=1S/C14H21NO6/c1-14(2,3)21-13(20)15-9-5-4-8(6-9)7-10(11(16)17)12(18)19/h4-5,8-10H,6-7H2,1-3H3,(H,15,20)(H,16,17)(H,18,19). The van der Waals surface area contributed by atoms with Crippen molar-refractivity contribution in [1.82, 2.24) is 5.32 Å². The first kappa shape index (κ1) is 17.0. The largest absolute Gasteiger partial charge is 0.481 e. The maximum atomic E-state index is 11.6. The average molecular weight is 299 g/mol. The molecule has 0 bridgehead atoms. The van der Waals surface area contributed by atoms with E-state index in [2.05, 4.69) is 5.32 Å². The summed E-state index contributed by atoms with van der Waals surface area (Å²) in [5, 5.41) is 20.4. The predicted octanol–water partition coefficient (Wildman–Crippen LogP) is 1.63. The fourth-order valence-electron chi connectivity index (χ4n) is 2.13. The van der Waals surface area contributed by atoms with Gasteiger partial charge in [0.1, 0.15) is 5.60 Å². The van der Waals surface area contributed by atoms with Gasteiger partial charge < -0.3 is 20.3 Å². The van der Waals surface area contributed by atoms with Crippen molar-refractivity contribution in [3.05, 3.63) is 12.2 Å². The second-order valence-electron chi connectivity index (χ2n) is 6.10. The van der Waals surface area contributed by atoms with Crippen LogP contribution in [0.5, 0.6) is 0 Å². The molecule has 1 aliphatic rings. The van der Waals surface area contributed by atoms with Crippen molar-refractivity contribution in [2.45, 2.75) is 45.3 Å². The Morgan fingerprint density at radius 1 is 1.24 bits per heavy atom. The van der Waals surface area contributed by atoms with Crippen LogP contribution < -0.4 is 5.32 Å². The Kier molecular flexibility index (Phi) is 5.34. The summed E-state index contributed by atoms with van der Waals surface area (Å²) < 4.78 is 5.12. The van der Waals surface area contributed by atoms with Gasteiger partial charge in [-0.25, -0.2) is 4.79 Å². The topological polar surface area (TPSA) is 113 Å². The molecule has 2 unspecified atom stereocenters. The Morgan fingerprint density at radius 3 is 2.29 bits per heavy atom. The van der Waals surface area contributed by atoms with Gasteiger partial charge in [0.05, 0.1) is 6.04 Å². The summed E-state index contributed by atoms with van der Waals surface area (Å²) in [5.74, 6) is -4.32. The maximum absolute atomic E-state index is 11.6. The summed E-state index contributed by atoms with van der Waals surface area (Å²) in [6.07, 6.45) is 3.39. The molecule has 0 aromatic rings. The van der Waals surface area contributed by atoms with Crippen LogP contribution in [-0.4, -0.2) is 39.9 Å². The van der Waals surface area contributed by atoms with Crippen molar-refractivity contribution in [3.8, 4) is 0 Å². The second kappa shape index (κ2) is 6.60. The van der Waals surface area contributed by atoms with E-state index < -0.39 is 29.6 Å². The molecule has 3 N–H and O–H groups in total. The van der Waals surface area contributed by atoms with Gasteiger partial charge in [0.2, 0.25) is 0 Å². The molecular weight excluding hydrogens is 278 g/mol. The summed E-state index contributed by atoms with van der Waals surface area (Å²) in [5.41, 5.74) is -0.594. The van der Waals surface area contributed by atoms with Crippen LogP contribution in [0.4, 0.5) is 4.79 Å². The molecule has 0 fully saturated rings. The SMILES string of the molecule is CC(C)(C)OC(=O)NC1C=CC(CC(C(=O)O)C(=O)O)C1. The summed E-state index contributed by atoms with van der Waals surface area (Å²) in [4.78, 5) is 33.3. The number of amides is 1. The molecule has 0 saturated carbocycles. The number of nitrogens with one attached hydrogen (secondary N) is 1. The molecule has 0 heterocycles. The lowest BCUT2D eigenvalue weighted by atomic mass is 9.93. The number of carbonyl (C=O) groups is 3.